The maximum absolute atomic E-state index is 11.0. The van der Waals surface area contributed by atoms with Crippen molar-refractivity contribution >= 4 is 22.6 Å². The second-order valence-corrected chi connectivity index (χ2v) is 5.24. The Morgan fingerprint density at radius 1 is 1.33 bits per heavy atom. The number of carboxylic acids is 1. The molecule has 106 valence electrons. The molecule has 1 fully saturated rings. The molecule has 0 spiro atoms. The van der Waals surface area contributed by atoms with Crippen molar-refractivity contribution in [1.29, 1.82) is 5.26 Å². The van der Waals surface area contributed by atoms with Gasteiger partial charge in [-0.3, -0.25) is 9.78 Å². The molecule has 1 aliphatic heterocycles. The Morgan fingerprint density at radius 2 is 2.10 bits per heavy atom. The second-order valence-electron chi connectivity index (χ2n) is 5.24. The number of aliphatic carboxylic acids is 1. The molecule has 0 unspecified atom stereocenters. The first-order chi connectivity index (χ1) is 10.2. The van der Waals surface area contributed by atoms with Crippen LogP contribution in [0.1, 0.15) is 18.4 Å². The topological polar surface area (TPSA) is 77.2 Å². The van der Waals surface area contributed by atoms with Crippen LogP contribution in [-0.4, -0.2) is 29.1 Å². The SMILES string of the molecule is N#Cc1ccc(N2CCC(C(=O)O)CC2)c2cccnc12. The largest absolute Gasteiger partial charge is 0.481 e. The standard InChI is InChI=1S/C16H15N3O2/c17-10-12-3-4-14(13-2-1-7-18-15(12)13)19-8-5-11(6-9-19)16(20)21/h1-4,7,11H,5-6,8-9H2,(H,20,21). The van der Waals surface area contributed by atoms with Gasteiger partial charge in [0.15, 0.2) is 0 Å². The van der Waals surface area contributed by atoms with Crippen LogP contribution in [0, 0.1) is 17.2 Å². The summed E-state index contributed by atoms with van der Waals surface area (Å²) in [7, 11) is 0. The van der Waals surface area contributed by atoms with E-state index in [2.05, 4.69) is 16.0 Å². The van der Waals surface area contributed by atoms with Gasteiger partial charge in [0.2, 0.25) is 0 Å². The molecule has 2 heterocycles. The summed E-state index contributed by atoms with van der Waals surface area (Å²) in [5, 5.41) is 19.2. The van der Waals surface area contributed by atoms with Crippen LogP contribution >= 0.6 is 0 Å². The lowest BCUT2D eigenvalue weighted by molar-refractivity contribution is -0.142. The number of nitriles is 1. The summed E-state index contributed by atoms with van der Waals surface area (Å²) in [5.41, 5.74) is 2.30. The fourth-order valence-corrected chi connectivity index (χ4v) is 2.89. The Kier molecular flexibility index (Phi) is 3.44. The fraction of sp³-hybridized carbons (Fsp3) is 0.312. The first-order valence-corrected chi connectivity index (χ1v) is 6.96. The van der Waals surface area contributed by atoms with E-state index in [-0.39, 0.29) is 5.92 Å². The van der Waals surface area contributed by atoms with Crippen molar-refractivity contribution in [3.8, 4) is 6.07 Å². The predicted molar refractivity (Wildman–Crippen MR) is 79.0 cm³/mol. The summed E-state index contributed by atoms with van der Waals surface area (Å²) < 4.78 is 0. The summed E-state index contributed by atoms with van der Waals surface area (Å²) in [4.78, 5) is 17.5. The Morgan fingerprint density at radius 3 is 2.76 bits per heavy atom. The number of aromatic nitrogens is 1. The molecular formula is C16H15N3O2. The van der Waals surface area contributed by atoms with Crippen LogP contribution in [0.2, 0.25) is 0 Å². The molecule has 3 rings (SSSR count). The quantitative estimate of drug-likeness (QED) is 0.914. The Balaban J connectivity index is 1.96. The zero-order chi connectivity index (χ0) is 14.8. The number of hydrogen-bond acceptors (Lipinski definition) is 4. The monoisotopic (exact) mass is 281 g/mol. The third-order valence-corrected chi connectivity index (χ3v) is 4.05. The first-order valence-electron chi connectivity index (χ1n) is 6.96. The summed E-state index contributed by atoms with van der Waals surface area (Å²) in [6.45, 7) is 1.43. The van der Waals surface area contributed by atoms with E-state index in [0.29, 0.717) is 37.0 Å². The van der Waals surface area contributed by atoms with E-state index < -0.39 is 5.97 Å². The van der Waals surface area contributed by atoms with Crippen LogP contribution in [-0.2, 0) is 4.79 Å². The van der Waals surface area contributed by atoms with Gasteiger partial charge in [-0.15, -0.1) is 0 Å². The third-order valence-electron chi connectivity index (χ3n) is 4.05. The van der Waals surface area contributed by atoms with Gasteiger partial charge < -0.3 is 10.0 Å². The number of carbonyl (C=O) groups is 1. The van der Waals surface area contributed by atoms with Crippen molar-refractivity contribution in [2.45, 2.75) is 12.8 Å². The molecule has 0 aliphatic carbocycles. The minimum absolute atomic E-state index is 0.246. The number of benzene rings is 1. The van der Waals surface area contributed by atoms with Crippen LogP contribution < -0.4 is 4.90 Å². The van der Waals surface area contributed by atoms with Crippen LogP contribution in [0.5, 0.6) is 0 Å². The van der Waals surface area contributed by atoms with Crippen molar-refractivity contribution in [3.63, 3.8) is 0 Å². The maximum atomic E-state index is 11.0. The van der Waals surface area contributed by atoms with E-state index >= 15 is 0 Å². The number of carboxylic acid groups (broad SMARTS) is 1. The highest BCUT2D eigenvalue weighted by Crippen LogP contribution is 2.31. The van der Waals surface area contributed by atoms with Gasteiger partial charge in [-0.25, -0.2) is 0 Å². The molecule has 1 aromatic heterocycles. The summed E-state index contributed by atoms with van der Waals surface area (Å²) >= 11 is 0. The highest BCUT2D eigenvalue weighted by molar-refractivity contribution is 5.95. The molecule has 1 saturated heterocycles. The molecule has 1 aromatic carbocycles. The fourth-order valence-electron chi connectivity index (χ4n) is 2.89. The van der Waals surface area contributed by atoms with Crippen molar-refractivity contribution in [2.75, 3.05) is 18.0 Å². The molecule has 5 nitrogen and oxygen atoms in total. The van der Waals surface area contributed by atoms with Crippen LogP contribution in [0.25, 0.3) is 10.9 Å². The summed E-state index contributed by atoms with van der Waals surface area (Å²) in [6.07, 6.45) is 2.98. The molecule has 5 heteroatoms. The lowest BCUT2D eigenvalue weighted by Gasteiger charge is -2.32. The minimum atomic E-state index is -0.707. The van der Waals surface area contributed by atoms with Crippen molar-refractivity contribution in [2.24, 2.45) is 5.92 Å². The van der Waals surface area contributed by atoms with E-state index in [9.17, 15) is 4.79 Å². The third kappa shape index (κ3) is 2.40. The van der Waals surface area contributed by atoms with Crippen molar-refractivity contribution in [3.05, 3.63) is 36.0 Å². The van der Waals surface area contributed by atoms with Gasteiger partial charge in [0.1, 0.15) is 6.07 Å². The van der Waals surface area contributed by atoms with Crippen molar-refractivity contribution < 1.29 is 9.90 Å². The number of pyridine rings is 1. The number of piperidine rings is 1. The molecule has 2 aromatic rings. The van der Waals surface area contributed by atoms with E-state index in [1.807, 2.05) is 18.2 Å². The Bertz CT molecular complexity index is 728. The second kappa shape index (κ2) is 5.41. The molecule has 1 aliphatic rings. The molecule has 0 saturated carbocycles. The van der Waals surface area contributed by atoms with Crippen LogP contribution in [0.4, 0.5) is 5.69 Å². The van der Waals surface area contributed by atoms with Gasteiger partial charge in [0.05, 0.1) is 17.0 Å². The van der Waals surface area contributed by atoms with E-state index in [1.165, 1.54) is 0 Å². The van der Waals surface area contributed by atoms with Gasteiger partial charge in [-0.1, -0.05) is 0 Å². The minimum Gasteiger partial charge on any atom is -0.481 e. The molecule has 1 N–H and O–H groups in total. The van der Waals surface area contributed by atoms with E-state index in [1.54, 1.807) is 12.3 Å². The molecule has 0 bridgehead atoms. The zero-order valence-electron chi connectivity index (χ0n) is 11.5. The van der Waals surface area contributed by atoms with Gasteiger partial charge >= 0.3 is 5.97 Å². The van der Waals surface area contributed by atoms with E-state index in [0.717, 1.165) is 11.1 Å². The van der Waals surface area contributed by atoms with Crippen molar-refractivity contribution in [1.82, 2.24) is 4.98 Å². The predicted octanol–water partition coefficient (Wildman–Crippen LogP) is 2.41. The van der Waals surface area contributed by atoms with Gasteiger partial charge in [-0.2, -0.15) is 5.26 Å². The molecule has 0 atom stereocenters. The van der Waals surface area contributed by atoms with Crippen LogP contribution in [0.3, 0.4) is 0 Å². The first kappa shape index (κ1) is 13.4. The van der Waals surface area contributed by atoms with E-state index in [4.69, 9.17) is 10.4 Å². The molecular weight excluding hydrogens is 266 g/mol. The lowest BCUT2D eigenvalue weighted by Crippen LogP contribution is -2.36. The van der Waals surface area contributed by atoms with Gasteiger partial charge in [0, 0.05) is 30.4 Å². The maximum Gasteiger partial charge on any atom is 0.306 e. The number of nitrogens with zero attached hydrogens (tertiary/aromatic N) is 3. The number of fused-ring (bicyclic) bond motifs is 1. The normalized spacial score (nSPS) is 15.9. The highest BCUT2D eigenvalue weighted by Gasteiger charge is 2.25. The molecule has 0 amide bonds. The number of hydrogen-bond donors (Lipinski definition) is 1. The number of anilines is 1. The molecule has 21 heavy (non-hydrogen) atoms. The smallest absolute Gasteiger partial charge is 0.306 e. The summed E-state index contributed by atoms with van der Waals surface area (Å²) in [6, 6.07) is 9.70. The van der Waals surface area contributed by atoms with Gasteiger partial charge in [-0.05, 0) is 37.1 Å². The number of rotatable bonds is 2. The zero-order valence-corrected chi connectivity index (χ0v) is 11.5. The average molecular weight is 281 g/mol. The highest BCUT2D eigenvalue weighted by atomic mass is 16.4. The molecule has 0 radical (unpaired) electrons. The van der Waals surface area contributed by atoms with Crippen LogP contribution in [0.15, 0.2) is 30.5 Å². The lowest BCUT2D eigenvalue weighted by atomic mass is 9.96. The van der Waals surface area contributed by atoms with Gasteiger partial charge in [0.25, 0.3) is 0 Å². The summed E-state index contributed by atoms with van der Waals surface area (Å²) in [5.74, 6) is -0.954. The average Bonchev–Trinajstić information content (AvgIpc) is 2.54. The Labute approximate surface area is 122 Å². The Hall–Kier alpha value is -2.61.